The molecule has 1 amide bonds. The maximum atomic E-state index is 13.0. The molecule has 1 aliphatic heterocycles. The molecule has 174 valence electrons. The number of pyridine rings is 2. The van der Waals surface area contributed by atoms with Gasteiger partial charge in [-0.3, -0.25) is 4.79 Å². The molecule has 0 radical (unpaired) electrons. The van der Waals surface area contributed by atoms with Gasteiger partial charge in [0.15, 0.2) is 0 Å². The Balaban J connectivity index is 1.32. The number of fused-ring (bicyclic) bond motifs is 1. The Bertz CT molecular complexity index is 1320. The number of carbonyl (C=O) groups is 1. The fourth-order valence-electron chi connectivity index (χ4n) is 4.60. The van der Waals surface area contributed by atoms with E-state index in [0.717, 1.165) is 53.6 Å². The van der Waals surface area contributed by atoms with Crippen molar-refractivity contribution in [1.82, 2.24) is 19.4 Å². The highest BCUT2D eigenvalue weighted by atomic mass is 16.1. The predicted molar refractivity (Wildman–Crippen MR) is 137 cm³/mol. The molecule has 0 atom stereocenters. The number of benzene rings is 1. The van der Waals surface area contributed by atoms with E-state index in [1.54, 1.807) is 18.5 Å². The smallest absolute Gasteiger partial charge is 0.257 e. The van der Waals surface area contributed by atoms with Crippen LogP contribution < -0.4 is 10.2 Å². The topological polar surface area (TPSA) is 66.3 Å². The minimum absolute atomic E-state index is 0.183. The van der Waals surface area contributed by atoms with Crippen LogP contribution in [0.15, 0.2) is 67.3 Å². The van der Waals surface area contributed by atoms with Crippen LogP contribution in [0.3, 0.4) is 0 Å². The third-order valence-electron chi connectivity index (χ3n) is 6.66. The monoisotopic (exact) mass is 454 g/mol. The molecule has 7 nitrogen and oxygen atoms in total. The van der Waals surface area contributed by atoms with E-state index in [9.17, 15) is 4.79 Å². The van der Waals surface area contributed by atoms with Crippen LogP contribution in [0.25, 0.3) is 21.9 Å². The third kappa shape index (κ3) is 4.65. The van der Waals surface area contributed by atoms with Gasteiger partial charge >= 0.3 is 0 Å². The second-order valence-electron chi connectivity index (χ2n) is 9.24. The Morgan fingerprint density at radius 1 is 1.00 bits per heavy atom. The number of carbonyl (C=O) groups excluding carboxylic acids is 1. The maximum Gasteiger partial charge on any atom is 0.257 e. The van der Waals surface area contributed by atoms with Crippen molar-refractivity contribution in [2.75, 3.05) is 37.4 Å². The Morgan fingerprint density at radius 2 is 1.82 bits per heavy atom. The molecule has 1 aliphatic rings. The first kappa shape index (κ1) is 22.1. The Morgan fingerprint density at radius 3 is 2.56 bits per heavy atom. The van der Waals surface area contributed by atoms with E-state index in [4.69, 9.17) is 0 Å². The number of hydrogen-bond acceptors (Lipinski definition) is 5. The highest BCUT2D eigenvalue weighted by molar-refractivity contribution is 6.05. The number of aryl methyl sites for hydroxylation is 1. The molecule has 4 aromatic rings. The molecule has 34 heavy (non-hydrogen) atoms. The molecular weight excluding hydrogens is 424 g/mol. The minimum Gasteiger partial charge on any atom is -0.357 e. The molecule has 0 bridgehead atoms. The third-order valence-corrected chi connectivity index (χ3v) is 6.66. The zero-order valence-corrected chi connectivity index (χ0v) is 19.9. The average molecular weight is 455 g/mol. The highest BCUT2D eigenvalue weighted by Gasteiger charge is 2.22. The summed E-state index contributed by atoms with van der Waals surface area (Å²) in [6, 6.07) is 14.5. The van der Waals surface area contributed by atoms with Crippen LogP contribution in [-0.4, -0.2) is 58.6 Å². The zero-order valence-electron chi connectivity index (χ0n) is 19.9. The normalized spacial score (nSPS) is 14.6. The first-order chi connectivity index (χ1) is 16.5. The van der Waals surface area contributed by atoms with Gasteiger partial charge in [-0.1, -0.05) is 12.1 Å². The van der Waals surface area contributed by atoms with Gasteiger partial charge in [-0.25, -0.2) is 9.97 Å². The van der Waals surface area contributed by atoms with Crippen molar-refractivity contribution < 1.29 is 4.79 Å². The summed E-state index contributed by atoms with van der Waals surface area (Å²) in [4.78, 5) is 26.5. The van der Waals surface area contributed by atoms with E-state index in [-0.39, 0.29) is 5.91 Å². The van der Waals surface area contributed by atoms with E-state index in [1.165, 1.54) is 0 Å². The highest BCUT2D eigenvalue weighted by Crippen LogP contribution is 2.26. The number of nitrogens with one attached hydrogen (secondary N) is 1. The van der Waals surface area contributed by atoms with Crippen LogP contribution >= 0.6 is 0 Å². The molecule has 1 aromatic carbocycles. The minimum atomic E-state index is -0.183. The van der Waals surface area contributed by atoms with Gasteiger partial charge in [0.25, 0.3) is 5.91 Å². The van der Waals surface area contributed by atoms with E-state index < -0.39 is 0 Å². The summed E-state index contributed by atoms with van der Waals surface area (Å²) in [5, 5.41) is 5.02. The Hall–Kier alpha value is -3.71. The van der Waals surface area contributed by atoms with E-state index in [2.05, 4.69) is 69.6 Å². The van der Waals surface area contributed by atoms with Crippen LogP contribution in [0.4, 0.5) is 11.6 Å². The lowest BCUT2D eigenvalue weighted by atomic mass is 10.0. The summed E-state index contributed by atoms with van der Waals surface area (Å²) in [6.07, 6.45) is 9.82. The molecule has 7 heteroatoms. The van der Waals surface area contributed by atoms with E-state index in [1.807, 2.05) is 29.9 Å². The molecule has 0 aliphatic carbocycles. The van der Waals surface area contributed by atoms with Gasteiger partial charge in [-0.05, 0) is 73.8 Å². The van der Waals surface area contributed by atoms with E-state index >= 15 is 0 Å². The number of anilines is 2. The lowest BCUT2D eigenvalue weighted by molar-refractivity contribution is 0.102. The van der Waals surface area contributed by atoms with Gasteiger partial charge in [-0.15, -0.1) is 0 Å². The quantitative estimate of drug-likeness (QED) is 0.484. The SMILES string of the molecule is CN(C)C1CCN(c2cc(C(=O)Nc3cc4cc(-c5ccn(C)c5)ccc4cn3)ccn2)CC1. The van der Waals surface area contributed by atoms with Crippen LogP contribution in [0.5, 0.6) is 0 Å². The Labute approximate surface area is 200 Å². The number of nitrogens with zero attached hydrogens (tertiary/aromatic N) is 5. The molecule has 0 spiro atoms. The second-order valence-corrected chi connectivity index (χ2v) is 9.24. The summed E-state index contributed by atoms with van der Waals surface area (Å²) in [5.41, 5.74) is 2.87. The van der Waals surface area contributed by atoms with E-state index in [0.29, 0.717) is 17.4 Å². The van der Waals surface area contributed by atoms with Crippen molar-refractivity contribution in [3.8, 4) is 11.1 Å². The van der Waals surface area contributed by atoms with Crippen molar-refractivity contribution >= 4 is 28.3 Å². The van der Waals surface area contributed by atoms with Crippen LogP contribution in [-0.2, 0) is 7.05 Å². The van der Waals surface area contributed by atoms with Crippen molar-refractivity contribution in [2.45, 2.75) is 18.9 Å². The number of rotatable bonds is 5. The number of aromatic nitrogens is 3. The van der Waals surface area contributed by atoms with Gasteiger partial charge in [-0.2, -0.15) is 0 Å². The van der Waals surface area contributed by atoms with Crippen molar-refractivity contribution in [3.63, 3.8) is 0 Å². The van der Waals surface area contributed by atoms with Gasteiger partial charge in [0.1, 0.15) is 11.6 Å². The fourth-order valence-corrected chi connectivity index (χ4v) is 4.60. The summed E-state index contributed by atoms with van der Waals surface area (Å²) < 4.78 is 2.03. The summed E-state index contributed by atoms with van der Waals surface area (Å²) in [7, 11) is 6.28. The summed E-state index contributed by atoms with van der Waals surface area (Å²) in [5.74, 6) is 1.20. The molecule has 3 aromatic heterocycles. The van der Waals surface area contributed by atoms with Gasteiger partial charge in [0.05, 0.1) is 0 Å². The molecule has 0 unspecified atom stereocenters. The van der Waals surface area contributed by atoms with Crippen molar-refractivity contribution in [1.29, 1.82) is 0 Å². The van der Waals surface area contributed by atoms with Crippen LogP contribution in [0, 0.1) is 0 Å². The first-order valence-corrected chi connectivity index (χ1v) is 11.7. The molecule has 5 rings (SSSR count). The van der Waals surface area contributed by atoms with Gasteiger partial charge in [0.2, 0.25) is 0 Å². The average Bonchev–Trinajstić information content (AvgIpc) is 3.30. The largest absolute Gasteiger partial charge is 0.357 e. The zero-order chi connectivity index (χ0) is 23.7. The lowest BCUT2D eigenvalue weighted by Gasteiger charge is -2.35. The predicted octanol–water partition coefficient (Wildman–Crippen LogP) is 4.42. The molecular formula is C27H30N6O. The standard InChI is InChI=1S/C27H30N6O/c1-31(2)24-8-12-33(13-9-24)26-16-20(6-10-28-26)27(34)30-25-15-23-14-19(4-5-21(23)17-29-25)22-7-11-32(3)18-22/h4-7,10-11,14-18,24H,8-9,12-13H2,1-3H3,(H,29,30,34). The fraction of sp³-hybridized carbons (Fsp3) is 0.296. The van der Waals surface area contributed by atoms with Gasteiger partial charge < -0.3 is 19.7 Å². The van der Waals surface area contributed by atoms with Crippen molar-refractivity contribution in [3.05, 3.63) is 72.8 Å². The molecule has 1 N–H and O–H groups in total. The molecule has 1 saturated heterocycles. The van der Waals surface area contributed by atoms with Crippen LogP contribution in [0.1, 0.15) is 23.2 Å². The molecule has 4 heterocycles. The van der Waals surface area contributed by atoms with Gasteiger partial charge in [0, 0.05) is 61.9 Å². The van der Waals surface area contributed by atoms with Crippen LogP contribution in [0.2, 0.25) is 0 Å². The number of amides is 1. The number of hydrogen-bond donors (Lipinski definition) is 1. The van der Waals surface area contributed by atoms with Crippen molar-refractivity contribution in [2.24, 2.45) is 7.05 Å². The first-order valence-electron chi connectivity index (χ1n) is 11.7. The lowest BCUT2D eigenvalue weighted by Crippen LogP contribution is -2.42. The maximum absolute atomic E-state index is 13.0. The summed E-state index contributed by atoms with van der Waals surface area (Å²) in [6.45, 7) is 1.88. The molecule has 1 fully saturated rings. The number of piperidine rings is 1. The second kappa shape index (κ2) is 9.27. The Kier molecular flexibility index (Phi) is 6.02. The summed E-state index contributed by atoms with van der Waals surface area (Å²) >= 11 is 0. The molecule has 0 saturated carbocycles.